The molecule has 9 heteroatoms. The number of hydrogen-bond acceptors (Lipinski definition) is 5. The number of piperidine rings is 1. The second-order valence-corrected chi connectivity index (χ2v) is 7.48. The van der Waals surface area contributed by atoms with Crippen LogP contribution in [0.3, 0.4) is 0 Å². The Morgan fingerprint density at radius 2 is 2.04 bits per heavy atom. The minimum absolute atomic E-state index is 0.109. The van der Waals surface area contributed by atoms with E-state index in [0.29, 0.717) is 19.4 Å². The molecule has 1 amide bonds. The van der Waals surface area contributed by atoms with Gasteiger partial charge in [0.15, 0.2) is 17.3 Å². The van der Waals surface area contributed by atoms with Gasteiger partial charge in [0.05, 0.1) is 17.8 Å². The van der Waals surface area contributed by atoms with Crippen LogP contribution in [0.15, 0.2) is 18.3 Å². The van der Waals surface area contributed by atoms with Crippen molar-refractivity contribution in [3.05, 3.63) is 35.5 Å². The second-order valence-electron chi connectivity index (χ2n) is 7.48. The summed E-state index contributed by atoms with van der Waals surface area (Å²) in [5.74, 6) is -2.49. The Bertz CT molecular complexity index is 982. The van der Waals surface area contributed by atoms with E-state index in [1.165, 1.54) is 19.1 Å². The molecule has 28 heavy (non-hydrogen) atoms. The van der Waals surface area contributed by atoms with E-state index in [2.05, 4.69) is 15.2 Å². The SMILES string of the molecule is CC(=O)c1cc(-c2cc(C(=O)N3CCC(C(=O)O)CC34CC4)n[nH]2)c(F)cn1. The number of nitrogens with one attached hydrogen (secondary N) is 1. The van der Waals surface area contributed by atoms with Crippen LogP contribution in [0, 0.1) is 11.7 Å². The number of amides is 1. The first-order valence-corrected chi connectivity index (χ1v) is 9.08. The van der Waals surface area contributed by atoms with Crippen molar-refractivity contribution in [3.63, 3.8) is 0 Å². The fourth-order valence-corrected chi connectivity index (χ4v) is 3.88. The molecule has 1 unspecified atom stereocenters. The van der Waals surface area contributed by atoms with Gasteiger partial charge in [-0.15, -0.1) is 0 Å². The summed E-state index contributed by atoms with van der Waals surface area (Å²) in [5.41, 5.74) is 0.233. The molecule has 1 spiro atoms. The summed E-state index contributed by atoms with van der Waals surface area (Å²) in [6.07, 6.45) is 3.37. The van der Waals surface area contributed by atoms with Gasteiger partial charge in [0.2, 0.25) is 0 Å². The summed E-state index contributed by atoms with van der Waals surface area (Å²) < 4.78 is 14.2. The van der Waals surface area contributed by atoms with Gasteiger partial charge in [0.25, 0.3) is 5.91 Å². The molecule has 0 radical (unpaired) electrons. The van der Waals surface area contributed by atoms with Gasteiger partial charge < -0.3 is 10.0 Å². The number of carboxylic acid groups (broad SMARTS) is 1. The number of Topliss-reactive ketones (excluding diaryl/α,β-unsaturated/α-hetero) is 1. The van der Waals surface area contributed by atoms with Crippen molar-refractivity contribution in [2.45, 2.75) is 38.1 Å². The number of H-pyrrole nitrogens is 1. The normalized spacial score (nSPS) is 20.2. The summed E-state index contributed by atoms with van der Waals surface area (Å²) >= 11 is 0. The lowest BCUT2D eigenvalue weighted by atomic mass is 9.89. The first-order chi connectivity index (χ1) is 13.3. The predicted octanol–water partition coefficient (Wildman–Crippen LogP) is 2.28. The third kappa shape index (κ3) is 3.06. The van der Waals surface area contributed by atoms with Gasteiger partial charge in [-0.1, -0.05) is 0 Å². The van der Waals surface area contributed by atoms with Crippen LogP contribution in [-0.4, -0.2) is 54.9 Å². The first kappa shape index (κ1) is 18.3. The topological polar surface area (TPSA) is 116 Å². The van der Waals surface area contributed by atoms with Crippen molar-refractivity contribution in [2.75, 3.05) is 6.54 Å². The summed E-state index contributed by atoms with van der Waals surface area (Å²) in [6, 6.07) is 2.77. The zero-order valence-corrected chi connectivity index (χ0v) is 15.2. The molecule has 2 aliphatic rings. The molecule has 3 heterocycles. The smallest absolute Gasteiger partial charge is 0.306 e. The van der Waals surface area contributed by atoms with Crippen LogP contribution in [0.4, 0.5) is 4.39 Å². The molecular weight excluding hydrogens is 367 g/mol. The minimum atomic E-state index is -0.824. The number of aliphatic carboxylic acids is 1. The number of carbonyl (C=O) groups is 3. The van der Waals surface area contributed by atoms with Crippen molar-refractivity contribution in [1.29, 1.82) is 0 Å². The van der Waals surface area contributed by atoms with E-state index in [1.54, 1.807) is 4.90 Å². The van der Waals surface area contributed by atoms with Crippen LogP contribution in [0.25, 0.3) is 11.3 Å². The number of pyridine rings is 1. The maximum Gasteiger partial charge on any atom is 0.306 e. The van der Waals surface area contributed by atoms with Crippen LogP contribution in [0.2, 0.25) is 0 Å². The molecule has 1 atom stereocenters. The van der Waals surface area contributed by atoms with E-state index in [-0.39, 0.29) is 34.3 Å². The zero-order chi connectivity index (χ0) is 20.1. The maximum atomic E-state index is 14.2. The zero-order valence-electron chi connectivity index (χ0n) is 15.2. The number of aromatic amines is 1. The van der Waals surface area contributed by atoms with E-state index in [9.17, 15) is 23.9 Å². The van der Waals surface area contributed by atoms with Gasteiger partial charge in [-0.25, -0.2) is 4.39 Å². The standard InChI is InChI=1S/C19H19FN4O4/c1-10(25)14-6-12(13(20)9-21-14)15-7-16(23-22-15)17(26)24-5-2-11(18(27)28)8-19(24)3-4-19/h6-7,9,11H,2-5,8H2,1H3,(H,22,23)(H,27,28). The Labute approximate surface area is 159 Å². The van der Waals surface area contributed by atoms with E-state index in [0.717, 1.165) is 19.0 Å². The lowest BCUT2D eigenvalue weighted by Crippen LogP contribution is -2.49. The van der Waals surface area contributed by atoms with Gasteiger partial charge in [0.1, 0.15) is 5.69 Å². The Hall–Kier alpha value is -3.10. The van der Waals surface area contributed by atoms with E-state index in [4.69, 9.17) is 0 Å². The van der Waals surface area contributed by atoms with Crippen molar-refractivity contribution >= 4 is 17.7 Å². The second kappa shape index (κ2) is 6.50. The molecule has 4 rings (SSSR count). The number of hydrogen-bond donors (Lipinski definition) is 2. The fourth-order valence-electron chi connectivity index (χ4n) is 3.88. The molecule has 1 saturated carbocycles. The Morgan fingerprint density at radius 1 is 1.29 bits per heavy atom. The van der Waals surface area contributed by atoms with Crippen LogP contribution < -0.4 is 0 Å². The average molecular weight is 386 g/mol. The third-order valence-electron chi connectivity index (χ3n) is 5.62. The lowest BCUT2D eigenvalue weighted by Gasteiger charge is -2.38. The van der Waals surface area contributed by atoms with Gasteiger partial charge in [-0.3, -0.25) is 24.5 Å². The Kier molecular flexibility index (Phi) is 4.24. The van der Waals surface area contributed by atoms with E-state index in [1.807, 2.05) is 0 Å². The largest absolute Gasteiger partial charge is 0.481 e. The predicted molar refractivity (Wildman–Crippen MR) is 95.1 cm³/mol. The lowest BCUT2D eigenvalue weighted by molar-refractivity contribution is -0.144. The van der Waals surface area contributed by atoms with Gasteiger partial charge in [-0.05, 0) is 37.8 Å². The molecular formula is C19H19FN4O4. The molecule has 1 aliphatic carbocycles. The van der Waals surface area contributed by atoms with Crippen LogP contribution >= 0.6 is 0 Å². The summed E-state index contributed by atoms with van der Waals surface area (Å²) in [5, 5.41) is 16.0. The monoisotopic (exact) mass is 386 g/mol. The van der Waals surface area contributed by atoms with E-state index >= 15 is 0 Å². The molecule has 2 N–H and O–H groups in total. The van der Waals surface area contributed by atoms with E-state index < -0.39 is 23.2 Å². The highest BCUT2D eigenvalue weighted by Gasteiger charge is 2.54. The molecule has 2 aromatic rings. The van der Waals surface area contributed by atoms with Crippen LogP contribution in [0.1, 0.15) is 53.6 Å². The number of nitrogens with zero attached hydrogens (tertiary/aromatic N) is 3. The van der Waals surface area contributed by atoms with Gasteiger partial charge in [0, 0.05) is 24.6 Å². The summed E-state index contributed by atoms with van der Waals surface area (Å²) in [7, 11) is 0. The first-order valence-electron chi connectivity index (χ1n) is 9.08. The average Bonchev–Trinajstić information content (AvgIpc) is 3.24. The fraction of sp³-hybridized carbons (Fsp3) is 0.421. The number of carbonyl (C=O) groups excluding carboxylic acids is 2. The third-order valence-corrected chi connectivity index (χ3v) is 5.62. The number of halogens is 1. The molecule has 0 bridgehead atoms. The highest BCUT2D eigenvalue weighted by Crippen LogP contribution is 2.50. The van der Waals surface area contributed by atoms with Crippen LogP contribution in [-0.2, 0) is 4.79 Å². The molecule has 8 nitrogen and oxygen atoms in total. The number of aromatic nitrogens is 3. The molecule has 146 valence electrons. The molecule has 0 aromatic carbocycles. The number of carboxylic acids is 1. The quantitative estimate of drug-likeness (QED) is 0.779. The maximum absolute atomic E-state index is 14.2. The van der Waals surface area contributed by atoms with Crippen molar-refractivity contribution in [2.24, 2.45) is 5.92 Å². The molecule has 1 saturated heterocycles. The number of likely N-dealkylation sites (tertiary alicyclic amines) is 1. The van der Waals surface area contributed by atoms with Gasteiger partial charge >= 0.3 is 5.97 Å². The van der Waals surface area contributed by atoms with Crippen molar-refractivity contribution < 1.29 is 23.9 Å². The summed E-state index contributed by atoms with van der Waals surface area (Å²) in [6.45, 7) is 1.69. The van der Waals surface area contributed by atoms with Crippen molar-refractivity contribution in [3.8, 4) is 11.3 Å². The summed E-state index contributed by atoms with van der Waals surface area (Å²) in [4.78, 5) is 41.2. The minimum Gasteiger partial charge on any atom is -0.481 e. The number of ketones is 1. The van der Waals surface area contributed by atoms with Gasteiger partial charge in [-0.2, -0.15) is 5.10 Å². The molecule has 2 aromatic heterocycles. The molecule has 1 aliphatic heterocycles. The highest BCUT2D eigenvalue weighted by molar-refractivity contribution is 5.95. The van der Waals surface area contributed by atoms with Crippen molar-refractivity contribution in [1.82, 2.24) is 20.1 Å². The highest BCUT2D eigenvalue weighted by atomic mass is 19.1. The molecule has 2 fully saturated rings. The number of rotatable bonds is 4. The van der Waals surface area contributed by atoms with Crippen LogP contribution in [0.5, 0.6) is 0 Å². The Morgan fingerprint density at radius 3 is 2.68 bits per heavy atom. The Balaban J connectivity index is 1.59.